The molecule has 0 aromatic heterocycles. The molecule has 2 rings (SSSR count). The molecule has 0 radical (unpaired) electrons. The molecule has 3 nitrogen and oxygen atoms in total. The molecule has 1 aromatic carbocycles. The maximum absolute atomic E-state index is 8.78. The molecule has 1 fully saturated rings. The second-order valence-electron chi connectivity index (χ2n) is 4.92. The molecule has 1 heterocycles. The molecule has 1 aromatic rings. The third-order valence-corrected chi connectivity index (χ3v) is 3.49. The normalized spacial score (nSPS) is 17.4. The second-order valence-corrected chi connectivity index (χ2v) is 4.92. The van der Waals surface area contributed by atoms with Crippen LogP contribution in [-0.4, -0.2) is 42.5 Å². The number of nitrogens with zero attached hydrogens (tertiary/aromatic N) is 3. The third-order valence-electron chi connectivity index (χ3n) is 3.49. The Morgan fingerprint density at radius 1 is 1.05 bits per heavy atom. The first-order chi connectivity index (χ1) is 9.31. The van der Waals surface area contributed by atoms with Crippen molar-refractivity contribution in [2.24, 2.45) is 0 Å². The Labute approximate surface area is 115 Å². The van der Waals surface area contributed by atoms with Gasteiger partial charge in [0, 0.05) is 26.2 Å². The summed E-state index contributed by atoms with van der Waals surface area (Å²) in [6.45, 7) is 6.01. The minimum absolute atomic E-state index is 0.722. The van der Waals surface area contributed by atoms with Crippen molar-refractivity contribution in [1.29, 1.82) is 5.26 Å². The smallest absolute Gasteiger partial charge is 0.0991 e. The fraction of sp³-hybridized carbons (Fsp3) is 0.438. The monoisotopic (exact) mass is 253 g/mol. The lowest BCUT2D eigenvalue weighted by Crippen LogP contribution is -2.30. The number of nitriles is 1. The van der Waals surface area contributed by atoms with Crippen molar-refractivity contribution >= 4 is 0 Å². The van der Waals surface area contributed by atoms with Gasteiger partial charge in [-0.05, 0) is 30.7 Å². The predicted molar refractivity (Wildman–Crippen MR) is 76.3 cm³/mol. The molecular weight excluding hydrogens is 234 g/mol. The molecule has 0 saturated carbocycles. The van der Waals surface area contributed by atoms with E-state index in [1.807, 2.05) is 24.3 Å². The van der Waals surface area contributed by atoms with Gasteiger partial charge in [0.2, 0.25) is 0 Å². The molecule has 0 amide bonds. The van der Waals surface area contributed by atoms with E-state index in [1.165, 1.54) is 5.56 Å². The average Bonchev–Trinajstić information content (AvgIpc) is 2.66. The summed E-state index contributed by atoms with van der Waals surface area (Å²) in [5.41, 5.74) is 1.99. The van der Waals surface area contributed by atoms with E-state index in [2.05, 4.69) is 21.8 Å². The highest BCUT2D eigenvalue weighted by molar-refractivity contribution is 5.31. The van der Waals surface area contributed by atoms with Crippen LogP contribution in [0, 0.1) is 23.7 Å². The van der Waals surface area contributed by atoms with Crippen molar-refractivity contribution in [3.8, 4) is 18.4 Å². The molecule has 0 atom stereocenters. The molecule has 1 aliphatic heterocycles. The summed E-state index contributed by atoms with van der Waals surface area (Å²) in [5.74, 6) is 2.72. The molecule has 1 saturated heterocycles. The SMILES string of the molecule is C#CCN1CCCN(Cc2ccc(C#N)cc2)CC1. The molecule has 0 spiro atoms. The van der Waals surface area contributed by atoms with E-state index >= 15 is 0 Å². The van der Waals surface area contributed by atoms with E-state index in [9.17, 15) is 0 Å². The van der Waals surface area contributed by atoms with E-state index in [4.69, 9.17) is 11.7 Å². The first-order valence-electron chi connectivity index (χ1n) is 6.69. The van der Waals surface area contributed by atoms with Gasteiger partial charge in [0.15, 0.2) is 0 Å². The fourth-order valence-corrected chi connectivity index (χ4v) is 2.41. The van der Waals surface area contributed by atoms with Gasteiger partial charge < -0.3 is 0 Å². The standard InChI is InChI=1S/C16H19N3/c1-2-8-18-9-3-10-19(12-11-18)14-16-6-4-15(13-17)5-7-16/h1,4-7H,3,8-12,14H2. The van der Waals surface area contributed by atoms with Gasteiger partial charge in [0.1, 0.15) is 0 Å². The van der Waals surface area contributed by atoms with Crippen LogP contribution in [0.15, 0.2) is 24.3 Å². The van der Waals surface area contributed by atoms with Crippen LogP contribution in [-0.2, 0) is 6.54 Å². The largest absolute Gasteiger partial charge is 0.298 e. The molecule has 98 valence electrons. The molecule has 0 aliphatic carbocycles. The summed E-state index contributed by atoms with van der Waals surface area (Å²) in [5, 5.41) is 8.78. The summed E-state index contributed by atoms with van der Waals surface area (Å²) in [6, 6.07) is 10.0. The lowest BCUT2D eigenvalue weighted by Gasteiger charge is -2.20. The van der Waals surface area contributed by atoms with Crippen LogP contribution < -0.4 is 0 Å². The van der Waals surface area contributed by atoms with Gasteiger partial charge in [-0.1, -0.05) is 18.1 Å². The molecule has 1 aliphatic rings. The minimum Gasteiger partial charge on any atom is -0.298 e. The highest BCUT2D eigenvalue weighted by Gasteiger charge is 2.13. The van der Waals surface area contributed by atoms with Crippen LogP contribution in [0.1, 0.15) is 17.5 Å². The lowest BCUT2D eigenvalue weighted by molar-refractivity contribution is 0.263. The van der Waals surface area contributed by atoms with Crippen molar-refractivity contribution < 1.29 is 0 Å². The minimum atomic E-state index is 0.722. The lowest BCUT2D eigenvalue weighted by atomic mass is 10.1. The molecule has 0 bridgehead atoms. The van der Waals surface area contributed by atoms with E-state index in [-0.39, 0.29) is 0 Å². The van der Waals surface area contributed by atoms with E-state index < -0.39 is 0 Å². The van der Waals surface area contributed by atoms with Crippen molar-refractivity contribution in [3.63, 3.8) is 0 Å². The highest BCUT2D eigenvalue weighted by Crippen LogP contribution is 2.10. The maximum atomic E-state index is 8.78. The Kier molecular flexibility index (Phi) is 4.98. The van der Waals surface area contributed by atoms with Gasteiger partial charge in [-0.2, -0.15) is 5.26 Å². The Balaban J connectivity index is 1.89. The van der Waals surface area contributed by atoms with Crippen LogP contribution in [0.4, 0.5) is 0 Å². The Hall–Kier alpha value is -1.81. The highest BCUT2D eigenvalue weighted by atomic mass is 15.2. The summed E-state index contributed by atoms with van der Waals surface area (Å²) < 4.78 is 0. The zero-order chi connectivity index (χ0) is 13.5. The van der Waals surface area contributed by atoms with Crippen molar-refractivity contribution in [2.75, 3.05) is 32.7 Å². The number of hydrogen-bond donors (Lipinski definition) is 0. The maximum Gasteiger partial charge on any atom is 0.0991 e. The van der Waals surface area contributed by atoms with Gasteiger partial charge in [-0.15, -0.1) is 6.42 Å². The summed E-state index contributed by atoms with van der Waals surface area (Å²) >= 11 is 0. The number of benzene rings is 1. The van der Waals surface area contributed by atoms with Gasteiger partial charge in [-0.25, -0.2) is 0 Å². The van der Waals surface area contributed by atoms with E-state index in [0.717, 1.165) is 51.3 Å². The second kappa shape index (κ2) is 6.95. The van der Waals surface area contributed by atoms with Crippen molar-refractivity contribution in [3.05, 3.63) is 35.4 Å². The first kappa shape index (κ1) is 13.6. The van der Waals surface area contributed by atoms with Gasteiger partial charge in [-0.3, -0.25) is 9.80 Å². The molecule has 0 unspecified atom stereocenters. The summed E-state index contributed by atoms with van der Waals surface area (Å²) in [6.07, 6.45) is 6.53. The van der Waals surface area contributed by atoms with Crippen LogP contribution >= 0.6 is 0 Å². The quantitative estimate of drug-likeness (QED) is 0.768. The number of terminal acetylenes is 1. The molecule has 3 heteroatoms. The molecular formula is C16H19N3. The predicted octanol–water partition coefficient (Wildman–Crippen LogP) is 1.70. The van der Waals surface area contributed by atoms with Crippen LogP contribution in [0.5, 0.6) is 0 Å². The van der Waals surface area contributed by atoms with Crippen LogP contribution in [0.2, 0.25) is 0 Å². The number of rotatable bonds is 3. The van der Waals surface area contributed by atoms with Gasteiger partial charge >= 0.3 is 0 Å². The Bertz CT molecular complexity index is 478. The van der Waals surface area contributed by atoms with E-state index in [0.29, 0.717) is 0 Å². The van der Waals surface area contributed by atoms with Crippen LogP contribution in [0.3, 0.4) is 0 Å². The van der Waals surface area contributed by atoms with Gasteiger partial charge in [0.05, 0.1) is 18.2 Å². The Morgan fingerprint density at radius 3 is 2.42 bits per heavy atom. The average molecular weight is 253 g/mol. The zero-order valence-corrected chi connectivity index (χ0v) is 11.2. The molecule has 19 heavy (non-hydrogen) atoms. The summed E-state index contributed by atoms with van der Waals surface area (Å²) in [7, 11) is 0. The zero-order valence-electron chi connectivity index (χ0n) is 11.2. The summed E-state index contributed by atoms with van der Waals surface area (Å²) in [4.78, 5) is 4.79. The first-order valence-corrected chi connectivity index (χ1v) is 6.69. The van der Waals surface area contributed by atoms with E-state index in [1.54, 1.807) is 0 Å². The fourth-order valence-electron chi connectivity index (χ4n) is 2.41. The Morgan fingerprint density at radius 2 is 1.74 bits per heavy atom. The van der Waals surface area contributed by atoms with Crippen molar-refractivity contribution in [1.82, 2.24) is 9.80 Å². The molecule has 0 N–H and O–H groups in total. The van der Waals surface area contributed by atoms with Gasteiger partial charge in [0.25, 0.3) is 0 Å². The van der Waals surface area contributed by atoms with Crippen LogP contribution in [0.25, 0.3) is 0 Å². The van der Waals surface area contributed by atoms with Crippen molar-refractivity contribution in [2.45, 2.75) is 13.0 Å². The third kappa shape index (κ3) is 4.10. The number of hydrogen-bond acceptors (Lipinski definition) is 3. The topological polar surface area (TPSA) is 30.3 Å².